The Balaban J connectivity index is 0.00000128. The summed E-state index contributed by atoms with van der Waals surface area (Å²) in [6.07, 6.45) is 3.23. The van der Waals surface area contributed by atoms with Crippen molar-refractivity contribution in [1.29, 1.82) is 0 Å². The van der Waals surface area contributed by atoms with Gasteiger partial charge in [-0.1, -0.05) is 42.5 Å². The van der Waals surface area contributed by atoms with Gasteiger partial charge in [-0.05, 0) is 55.5 Å². The predicted molar refractivity (Wildman–Crippen MR) is 124 cm³/mol. The van der Waals surface area contributed by atoms with Crippen molar-refractivity contribution in [2.45, 2.75) is 25.3 Å². The number of nitrogens with one attached hydrogen (secondary N) is 2. The smallest absolute Gasteiger partial charge is 0.224 e. The molecule has 1 saturated carbocycles. The lowest BCUT2D eigenvalue weighted by Gasteiger charge is -2.24. The molecule has 5 rings (SSSR count). The van der Waals surface area contributed by atoms with E-state index in [1.54, 1.807) is 0 Å². The van der Waals surface area contributed by atoms with Crippen LogP contribution in [-0.2, 0) is 11.8 Å². The molecule has 1 aromatic heterocycles. The van der Waals surface area contributed by atoms with Crippen LogP contribution < -0.4 is 10.6 Å². The normalized spacial score (nSPS) is 20.1. The minimum absolute atomic E-state index is 0. The van der Waals surface area contributed by atoms with Crippen molar-refractivity contribution >= 4 is 41.8 Å². The van der Waals surface area contributed by atoms with Gasteiger partial charge in [-0.25, -0.2) is 4.98 Å². The van der Waals surface area contributed by atoms with E-state index in [4.69, 9.17) is 4.98 Å². The summed E-state index contributed by atoms with van der Waals surface area (Å²) in [5.41, 5.74) is 3.32. The van der Waals surface area contributed by atoms with E-state index in [0.717, 1.165) is 54.8 Å². The van der Waals surface area contributed by atoms with E-state index in [1.807, 2.05) is 43.4 Å². The van der Waals surface area contributed by atoms with Crippen LogP contribution in [0, 0.1) is 11.3 Å². The summed E-state index contributed by atoms with van der Waals surface area (Å²) in [4.78, 5) is 18.1. The van der Waals surface area contributed by atoms with Crippen LogP contribution in [0.3, 0.4) is 0 Å². The molecule has 160 valence electrons. The van der Waals surface area contributed by atoms with Crippen LogP contribution in [0.5, 0.6) is 0 Å². The molecule has 1 spiro atoms. The first-order valence-electron chi connectivity index (χ1n) is 10.2. The summed E-state index contributed by atoms with van der Waals surface area (Å²) < 4.78 is 2.10. The van der Waals surface area contributed by atoms with Crippen LogP contribution in [-0.4, -0.2) is 28.5 Å². The number of amides is 1. The van der Waals surface area contributed by atoms with Gasteiger partial charge in [0.15, 0.2) is 0 Å². The van der Waals surface area contributed by atoms with Gasteiger partial charge in [-0.3, -0.25) is 4.79 Å². The van der Waals surface area contributed by atoms with E-state index >= 15 is 0 Å². The topological polar surface area (TPSA) is 59.0 Å². The molecule has 2 atom stereocenters. The van der Waals surface area contributed by atoms with Crippen molar-refractivity contribution in [2.24, 2.45) is 18.4 Å². The summed E-state index contributed by atoms with van der Waals surface area (Å²) in [6, 6.07) is 18.0. The standard InChI is InChI=1S/C23H26N4O.2ClH/c1-27-19-10-6-5-9-18(19)25-21(27)20(16-7-3-2-4-8-16)26-22(28)17-15-23(17)11-13-24-14-12-23;;/h2-10,17,20,24H,11-15H2,1H3,(H,26,28);2*1H. The highest BCUT2D eigenvalue weighted by molar-refractivity contribution is 5.86. The number of halogens is 2. The number of rotatable bonds is 4. The number of hydrogen-bond donors (Lipinski definition) is 2. The third kappa shape index (κ3) is 3.94. The number of fused-ring (bicyclic) bond motifs is 1. The zero-order valence-electron chi connectivity index (χ0n) is 17.0. The number of benzene rings is 2. The molecule has 7 heteroatoms. The first-order valence-corrected chi connectivity index (χ1v) is 10.2. The molecule has 1 saturated heterocycles. The molecule has 2 unspecified atom stereocenters. The molecule has 2 fully saturated rings. The highest BCUT2D eigenvalue weighted by Crippen LogP contribution is 2.58. The number of carbonyl (C=O) groups is 1. The van der Waals surface area contributed by atoms with E-state index < -0.39 is 0 Å². The van der Waals surface area contributed by atoms with Gasteiger partial charge in [-0.2, -0.15) is 0 Å². The zero-order valence-corrected chi connectivity index (χ0v) is 18.6. The maximum atomic E-state index is 13.2. The summed E-state index contributed by atoms with van der Waals surface area (Å²) in [5.74, 6) is 1.18. The third-order valence-electron chi connectivity index (χ3n) is 6.60. The van der Waals surface area contributed by atoms with Crippen molar-refractivity contribution in [3.63, 3.8) is 0 Å². The second-order valence-corrected chi connectivity index (χ2v) is 8.24. The lowest BCUT2D eigenvalue weighted by Crippen LogP contribution is -2.36. The van der Waals surface area contributed by atoms with Gasteiger partial charge in [0, 0.05) is 13.0 Å². The number of para-hydroxylation sites is 2. The summed E-state index contributed by atoms with van der Waals surface area (Å²) in [6.45, 7) is 2.05. The van der Waals surface area contributed by atoms with Gasteiger partial charge in [0.2, 0.25) is 5.91 Å². The Kier molecular flexibility index (Phi) is 6.75. The molecule has 30 heavy (non-hydrogen) atoms. The lowest BCUT2D eigenvalue weighted by atomic mass is 9.91. The Bertz CT molecular complexity index is 1010. The Morgan fingerprint density at radius 1 is 1.10 bits per heavy atom. The third-order valence-corrected chi connectivity index (χ3v) is 6.60. The number of aryl methyl sites for hydroxylation is 1. The molecule has 1 aliphatic heterocycles. The fourth-order valence-electron chi connectivity index (χ4n) is 4.80. The molecular formula is C23H28Cl2N4O. The van der Waals surface area contributed by atoms with E-state index in [1.165, 1.54) is 0 Å². The fourth-order valence-corrected chi connectivity index (χ4v) is 4.80. The van der Waals surface area contributed by atoms with Gasteiger partial charge in [0.25, 0.3) is 0 Å². The van der Waals surface area contributed by atoms with Gasteiger partial charge in [0.1, 0.15) is 11.9 Å². The zero-order chi connectivity index (χ0) is 19.1. The van der Waals surface area contributed by atoms with Crippen molar-refractivity contribution in [2.75, 3.05) is 13.1 Å². The van der Waals surface area contributed by atoms with Crippen LogP contribution in [0.25, 0.3) is 11.0 Å². The molecule has 2 aromatic carbocycles. The molecule has 0 radical (unpaired) electrons. The second-order valence-electron chi connectivity index (χ2n) is 8.24. The molecule has 0 bridgehead atoms. The van der Waals surface area contributed by atoms with Crippen LogP contribution in [0.15, 0.2) is 54.6 Å². The highest BCUT2D eigenvalue weighted by Gasteiger charge is 2.57. The number of hydrogen-bond acceptors (Lipinski definition) is 3. The molecule has 2 N–H and O–H groups in total. The minimum atomic E-state index is -0.245. The molecule has 3 aromatic rings. The monoisotopic (exact) mass is 446 g/mol. The first kappa shape index (κ1) is 22.6. The minimum Gasteiger partial charge on any atom is -0.342 e. The lowest BCUT2D eigenvalue weighted by molar-refractivity contribution is -0.123. The van der Waals surface area contributed by atoms with Gasteiger partial charge < -0.3 is 15.2 Å². The Morgan fingerprint density at radius 3 is 2.47 bits per heavy atom. The van der Waals surface area contributed by atoms with Gasteiger partial charge >= 0.3 is 0 Å². The largest absolute Gasteiger partial charge is 0.342 e. The Morgan fingerprint density at radius 2 is 1.77 bits per heavy atom. The van der Waals surface area contributed by atoms with E-state index in [2.05, 4.69) is 33.4 Å². The van der Waals surface area contributed by atoms with E-state index in [9.17, 15) is 4.79 Å². The number of imidazole rings is 1. The number of aromatic nitrogens is 2. The summed E-state index contributed by atoms with van der Waals surface area (Å²) in [5, 5.41) is 6.75. The molecule has 5 nitrogen and oxygen atoms in total. The second kappa shape index (κ2) is 8.96. The van der Waals surface area contributed by atoms with Crippen LogP contribution in [0.1, 0.15) is 36.7 Å². The first-order chi connectivity index (χ1) is 13.7. The fraction of sp³-hybridized carbons (Fsp3) is 0.391. The maximum absolute atomic E-state index is 13.2. The van der Waals surface area contributed by atoms with Crippen molar-refractivity contribution in [3.05, 3.63) is 66.0 Å². The molecule has 2 aliphatic rings. The Hall–Kier alpha value is -2.08. The number of carbonyl (C=O) groups excluding carboxylic acids is 1. The number of nitrogens with zero attached hydrogens (tertiary/aromatic N) is 2. The SMILES string of the molecule is Cl.Cl.Cn1c(C(NC(=O)C2CC23CCNCC3)c2ccccc2)nc2ccccc21. The molecule has 1 amide bonds. The van der Waals surface area contributed by atoms with Crippen molar-refractivity contribution in [1.82, 2.24) is 20.2 Å². The van der Waals surface area contributed by atoms with E-state index in [-0.39, 0.29) is 48.1 Å². The van der Waals surface area contributed by atoms with Gasteiger partial charge in [0.05, 0.1) is 11.0 Å². The molecular weight excluding hydrogens is 419 g/mol. The predicted octanol–water partition coefficient (Wildman–Crippen LogP) is 4.01. The number of piperidine rings is 1. The van der Waals surface area contributed by atoms with E-state index in [0.29, 0.717) is 0 Å². The van der Waals surface area contributed by atoms with Crippen molar-refractivity contribution in [3.8, 4) is 0 Å². The quantitative estimate of drug-likeness (QED) is 0.636. The van der Waals surface area contributed by atoms with Crippen molar-refractivity contribution < 1.29 is 4.79 Å². The van der Waals surface area contributed by atoms with Crippen LogP contribution in [0.2, 0.25) is 0 Å². The van der Waals surface area contributed by atoms with Gasteiger partial charge in [-0.15, -0.1) is 24.8 Å². The highest BCUT2D eigenvalue weighted by atomic mass is 35.5. The summed E-state index contributed by atoms with van der Waals surface area (Å²) in [7, 11) is 2.03. The maximum Gasteiger partial charge on any atom is 0.224 e. The van der Waals surface area contributed by atoms with Crippen LogP contribution in [0.4, 0.5) is 0 Å². The summed E-state index contributed by atoms with van der Waals surface area (Å²) >= 11 is 0. The van der Waals surface area contributed by atoms with Crippen LogP contribution >= 0.6 is 24.8 Å². The average molecular weight is 447 g/mol. The Labute approximate surface area is 189 Å². The average Bonchev–Trinajstić information content (AvgIpc) is 3.33. The molecule has 2 heterocycles. The molecule has 1 aliphatic carbocycles.